The van der Waals surface area contributed by atoms with Gasteiger partial charge in [0.05, 0.1) is 0 Å². The summed E-state index contributed by atoms with van der Waals surface area (Å²) in [6.45, 7) is -2.79. The van der Waals surface area contributed by atoms with Gasteiger partial charge in [0.2, 0.25) is 0 Å². The lowest BCUT2D eigenvalue weighted by molar-refractivity contribution is -0.0499. The second-order valence-electron chi connectivity index (χ2n) is 4.29. The topological polar surface area (TPSA) is 47.3 Å². The number of benzene rings is 1. The van der Waals surface area contributed by atoms with E-state index in [9.17, 15) is 8.78 Å². The molecule has 17 heavy (non-hydrogen) atoms. The first kappa shape index (κ1) is 12.3. The smallest absolute Gasteiger partial charge is 0.387 e. The molecule has 3 N–H and O–H groups in total. The molecule has 0 aliphatic heterocycles. The maximum Gasteiger partial charge on any atom is 0.387 e. The fraction of sp³-hybridized carbons (Fsp3) is 0.500. The largest absolute Gasteiger partial charge is 0.435 e. The Morgan fingerprint density at radius 1 is 1.35 bits per heavy atom. The van der Waals surface area contributed by atoms with Gasteiger partial charge in [0.15, 0.2) is 0 Å². The third-order valence-electron chi connectivity index (χ3n) is 3.24. The van der Waals surface area contributed by atoms with Gasteiger partial charge in [-0.3, -0.25) is 11.3 Å². The summed E-state index contributed by atoms with van der Waals surface area (Å²) in [6, 6.07) is 6.74. The van der Waals surface area contributed by atoms with Gasteiger partial charge in [-0.15, -0.1) is 0 Å². The molecule has 5 heteroatoms. The predicted octanol–water partition coefficient (Wildman–Crippen LogP) is 2.59. The Balaban J connectivity index is 2.12. The summed E-state index contributed by atoms with van der Waals surface area (Å²) in [5.74, 6) is 6.19. The lowest BCUT2D eigenvalue weighted by Crippen LogP contribution is -2.36. The zero-order valence-electron chi connectivity index (χ0n) is 9.40. The third kappa shape index (κ3) is 2.92. The van der Waals surface area contributed by atoms with Gasteiger partial charge in [-0.2, -0.15) is 8.78 Å². The average Bonchev–Trinajstić information content (AvgIpc) is 2.22. The lowest BCUT2D eigenvalue weighted by atomic mass is 9.77. The highest BCUT2D eigenvalue weighted by atomic mass is 19.3. The highest BCUT2D eigenvalue weighted by molar-refractivity contribution is 5.31. The van der Waals surface area contributed by atoms with E-state index in [0.29, 0.717) is 5.92 Å². The number of alkyl halides is 2. The Kier molecular flexibility index (Phi) is 3.91. The van der Waals surface area contributed by atoms with E-state index in [1.165, 1.54) is 12.5 Å². The molecule has 0 spiro atoms. The SMILES string of the molecule is NNC(c1cccc(OC(F)F)c1)C1CCC1. The molecule has 0 radical (unpaired) electrons. The minimum atomic E-state index is -2.79. The maximum atomic E-state index is 12.1. The highest BCUT2D eigenvalue weighted by Crippen LogP contribution is 2.37. The van der Waals surface area contributed by atoms with Crippen LogP contribution in [0.4, 0.5) is 8.78 Å². The molecule has 1 fully saturated rings. The number of nitrogens with one attached hydrogen (secondary N) is 1. The van der Waals surface area contributed by atoms with Crippen LogP contribution in [0.15, 0.2) is 24.3 Å². The molecule has 0 aromatic heterocycles. The summed E-state index contributed by atoms with van der Waals surface area (Å²) in [6.07, 6.45) is 3.44. The van der Waals surface area contributed by atoms with E-state index in [4.69, 9.17) is 5.84 Å². The summed E-state index contributed by atoms with van der Waals surface area (Å²) in [5, 5.41) is 0. The van der Waals surface area contributed by atoms with E-state index in [1.807, 2.05) is 6.07 Å². The molecule has 1 aliphatic carbocycles. The Hall–Kier alpha value is -1.20. The van der Waals surface area contributed by atoms with Crippen LogP contribution in [0, 0.1) is 5.92 Å². The molecule has 1 saturated carbocycles. The highest BCUT2D eigenvalue weighted by Gasteiger charge is 2.27. The van der Waals surface area contributed by atoms with Gasteiger partial charge in [-0.25, -0.2) is 0 Å². The first-order chi connectivity index (χ1) is 8.20. The van der Waals surface area contributed by atoms with Gasteiger partial charge in [-0.1, -0.05) is 18.6 Å². The van der Waals surface area contributed by atoms with Crippen molar-refractivity contribution in [1.82, 2.24) is 5.43 Å². The molecule has 0 heterocycles. The summed E-state index contributed by atoms with van der Waals surface area (Å²) in [5.41, 5.74) is 3.66. The zero-order valence-corrected chi connectivity index (χ0v) is 9.40. The molecule has 1 aliphatic rings. The van der Waals surface area contributed by atoms with Crippen molar-refractivity contribution in [2.75, 3.05) is 0 Å². The van der Waals surface area contributed by atoms with Gasteiger partial charge in [0.1, 0.15) is 5.75 Å². The second-order valence-corrected chi connectivity index (χ2v) is 4.29. The first-order valence-corrected chi connectivity index (χ1v) is 5.71. The molecule has 3 nitrogen and oxygen atoms in total. The molecule has 2 rings (SSSR count). The summed E-state index contributed by atoms with van der Waals surface area (Å²) in [4.78, 5) is 0. The molecule has 0 bridgehead atoms. The number of hydrogen-bond donors (Lipinski definition) is 2. The lowest BCUT2D eigenvalue weighted by Gasteiger charge is -2.33. The maximum absolute atomic E-state index is 12.1. The molecule has 1 aromatic rings. The Bertz CT molecular complexity index is 369. The van der Waals surface area contributed by atoms with Crippen LogP contribution < -0.4 is 16.0 Å². The number of ether oxygens (including phenoxy) is 1. The van der Waals surface area contributed by atoms with Gasteiger partial charge < -0.3 is 4.74 Å². The van der Waals surface area contributed by atoms with Crippen LogP contribution in [-0.4, -0.2) is 6.61 Å². The van der Waals surface area contributed by atoms with Crippen molar-refractivity contribution >= 4 is 0 Å². The van der Waals surface area contributed by atoms with Crippen molar-refractivity contribution in [3.63, 3.8) is 0 Å². The van der Waals surface area contributed by atoms with Crippen LogP contribution >= 0.6 is 0 Å². The summed E-state index contributed by atoms with van der Waals surface area (Å²) in [7, 11) is 0. The van der Waals surface area contributed by atoms with Crippen LogP contribution in [0.2, 0.25) is 0 Å². The minimum absolute atomic E-state index is 0.0185. The molecule has 0 saturated heterocycles. The van der Waals surface area contributed by atoms with Crippen molar-refractivity contribution in [2.24, 2.45) is 11.8 Å². The standard InChI is InChI=1S/C12H16F2N2O/c13-12(14)17-10-6-2-5-9(7-10)11(16-15)8-3-1-4-8/h2,5-8,11-12,16H,1,3-4,15H2. The van der Waals surface area contributed by atoms with Crippen LogP contribution in [0.5, 0.6) is 5.75 Å². The van der Waals surface area contributed by atoms with Crippen LogP contribution in [0.1, 0.15) is 30.9 Å². The predicted molar refractivity (Wildman–Crippen MR) is 60.5 cm³/mol. The van der Waals surface area contributed by atoms with E-state index in [0.717, 1.165) is 18.4 Å². The number of nitrogens with two attached hydrogens (primary N) is 1. The average molecular weight is 242 g/mol. The van der Waals surface area contributed by atoms with Gasteiger partial charge in [-0.05, 0) is 36.5 Å². The van der Waals surface area contributed by atoms with Crippen LogP contribution in [0.25, 0.3) is 0 Å². The van der Waals surface area contributed by atoms with E-state index in [-0.39, 0.29) is 11.8 Å². The Morgan fingerprint density at radius 2 is 2.12 bits per heavy atom. The fourth-order valence-electron chi connectivity index (χ4n) is 2.16. The van der Waals surface area contributed by atoms with Crippen LogP contribution in [0.3, 0.4) is 0 Å². The first-order valence-electron chi connectivity index (χ1n) is 5.71. The fourth-order valence-corrected chi connectivity index (χ4v) is 2.16. The normalized spacial score (nSPS) is 17.9. The number of halogens is 2. The van der Waals surface area contributed by atoms with Crippen molar-refractivity contribution < 1.29 is 13.5 Å². The molecule has 0 amide bonds. The van der Waals surface area contributed by atoms with Gasteiger partial charge in [0.25, 0.3) is 0 Å². The molecular formula is C12H16F2N2O. The minimum Gasteiger partial charge on any atom is -0.435 e. The van der Waals surface area contributed by atoms with E-state index in [2.05, 4.69) is 10.2 Å². The van der Waals surface area contributed by atoms with Crippen molar-refractivity contribution in [2.45, 2.75) is 31.9 Å². The number of rotatable bonds is 5. The van der Waals surface area contributed by atoms with E-state index >= 15 is 0 Å². The van der Waals surface area contributed by atoms with Crippen molar-refractivity contribution in [3.05, 3.63) is 29.8 Å². The van der Waals surface area contributed by atoms with Gasteiger partial charge >= 0.3 is 6.61 Å². The molecular weight excluding hydrogens is 226 g/mol. The zero-order chi connectivity index (χ0) is 12.3. The van der Waals surface area contributed by atoms with Crippen molar-refractivity contribution in [3.8, 4) is 5.75 Å². The van der Waals surface area contributed by atoms with Crippen LogP contribution in [-0.2, 0) is 0 Å². The Labute approximate surface area is 98.9 Å². The number of hydrogen-bond acceptors (Lipinski definition) is 3. The monoisotopic (exact) mass is 242 g/mol. The molecule has 1 atom stereocenters. The van der Waals surface area contributed by atoms with E-state index in [1.54, 1.807) is 12.1 Å². The summed E-state index contributed by atoms with van der Waals surface area (Å²) < 4.78 is 28.6. The molecule has 94 valence electrons. The molecule has 1 aromatic carbocycles. The molecule has 1 unspecified atom stereocenters. The van der Waals surface area contributed by atoms with Gasteiger partial charge in [0, 0.05) is 6.04 Å². The Morgan fingerprint density at radius 3 is 2.65 bits per heavy atom. The third-order valence-corrected chi connectivity index (χ3v) is 3.24. The number of hydrazine groups is 1. The quantitative estimate of drug-likeness (QED) is 0.616. The van der Waals surface area contributed by atoms with E-state index < -0.39 is 6.61 Å². The van der Waals surface area contributed by atoms with Crippen molar-refractivity contribution in [1.29, 1.82) is 0 Å². The summed E-state index contributed by atoms with van der Waals surface area (Å²) >= 11 is 0. The second kappa shape index (κ2) is 5.42.